The van der Waals surface area contributed by atoms with Crippen LogP contribution in [-0.2, 0) is 11.2 Å². The first-order valence-corrected chi connectivity index (χ1v) is 9.34. The van der Waals surface area contributed by atoms with Gasteiger partial charge >= 0.3 is 0 Å². The van der Waals surface area contributed by atoms with Crippen LogP contribution in [0.15, 0.2) is 24.3 Å². The number of benzene rings is 1. The molecule has 0 unspecified atom stereocenters. The van der Waals surface area contributed by atoms with Gasteiger partial charge in [0.25, 0.3) is 5.91 Å². The third-order valence-electron chi connectivity index (χ3n) is 6.10. The van der Waals surface area contributed by atoms with E-state index in [-0.39, 0.29) is 5.91 Å². The van der Waals surface area contributed by atoms with Gasteiger partial charge < -0.3 is 9.80 Å². The summed E-state index contributed by atoms with van der Waals surface area (Å²) in [6, 6.07) is 8.34. The molecule has 0 N–H and O–H groups in total. The SMILES string of the molecule is CCc1ccccc1C(=O)N1C[C@H]2C[C@H](C1)[C@@H]1CCCC(=O)N1C2. The average molecular weight is 326 g/mol. The molecule has 4 nitrogen and oxygen atoms in total. The van der Waals surface area contributed by atoms with Gasteiger partial charge in [0.15, 0.2) is 0 Å². The van der Waals surface area contributed by atoms with E-state index in [1.54, 1.807) is 0 Å². The van der Waals surface area contributed by atoms with Crippen molar-refractivity contribution in [3.05, 3.63) is 35.4 Å². The summed E-state index contributed by atoms with van der Waals surface area (Å²) in [5.74, 6) is 1.41. The Morgan fingerprint density at radius 2 is 2.04 bits per heavy atom. The summed E-state index contributed by atoms with van der Waals surface area (Å²) in [6.07, 6.45) is 4.88. The Balaban J connectivity index is 1.55. The number of carbonyl (C=O) groups is 2. The summed E-state index contributed by atoms with van der Waals surface area (Å²) in [5.41, 5.74) is 1.99. The lowest BCUT2D eigenvalue weighted by atomic mass is 9.76. The maximum Gasteiger partial charge on any atom is 0.254 e. The third-order valence-corrected chi connectivity index (χ3v) is 6.10. The Hall–Kier alpha value is -1.84. The first-order chi connectivity index (χ1) is 11.7. The number of fused-ring (bicyclic) bond motifs is 4. The highest BCUT2D eigenvalue weighted by Crippen LogP contribution is 2.38. The molecular weight excluding hydrogens is 300 g/mol. The molecule has 0 aromatic heterocycles. The zero-order valence-corrected chi connectivity index (χ0v) is 14.4. The molecule has 1 aromatic carbocycles. The van der Waals surface area contributed by atoms with Crippen molar-refractivity contribution in [3.8, 4) is 0 Å². The molecule has 3 fully saturated rings. The number of carbonyl (C=O) groups excluding carboxylic acids is 2. The van der Waals surface area contributed by atoms with Crippen molar-refractivity contribution in [1.29, 1.82) is 0 Å². The molecule has 128 valence electrons. The van der Waals surface area contributed by atoms with Crippen LogP contribution < -0.4 is 0 Å². The standard InChI is InChI=1S/C20H26N2O2/c1-2-15-6-3-4-7-17(15)20(24)21-11-14-10-16(13-21)18-8-5-9-19(23)22(18)12-14/h3-4,6-7,14,16,18H,2,5,8-13H2,1H3/t14-,16-,18+/m1/s1. The minimum atomic E-state index is 0.178. The predicted octanol–water partition coefficient (Wildman–Crippen LogP) is 2.72. The molecule has 0 spiro atoms. The molecular formula is C20H26N2O2. The van der Waals surface area contributed by atoms with Gasteiger partial charge in [0.05, 0.1) is 0 Å². The zero-order valence-electron chi connectivity index (χ0n) is 14.4. The van der Waals surface area contributed by atoms with Crippen LogP contribution in [0.3, 0.4) is 0 Å². The zero-order chi connectivity index (χ0) is 16.7. The number of amides is 2. The highest BCUT2D eigenvalue weighted by atomic mass is 16.2. The van der Waals surface area contributed by atoms with E-state index in [1.165, 1.54) is 6.42 Å². The second kappa shape index (κ2) is 6.23. The number of likely N-dealkylation sites (tertiary alicyclic amines) is 1. The van der Waals surface area contributed by atoms with Crippen molar-refractivity contribution in [1.82, 2.24) is 9.80 Å². The lowest BCUT2D eigenvalue weighted by molar-refractivity contribution is -0.144. The molecule has 0 radical (unpaired) electrons. The predicted molar refractivity (Wildman–Crippen MR) is 92.7 cm³/mol. The lowest BCUT2D eigenvalue weighted by Crippen LogP contribution is -2.61. The largest absolute Gasteiger partial charge is 0.339 e. The molecule has 2 amide bonds. The number of piperidine rings is 3. The highest BCUT2D eigenvalue weighted by molar-refractivity contribution is 5.95. The molecule has 4 heteroatoms. The molecule has 3 saturated heterocycles. The van der Waals surface area contributed by atoms with Gasteiger partial charge in [-0.25, -0.2) is 0 Å². The van der Waals surface area contributed by atoms with Crippen LogP contribution in [-0.4, -0.2) is 47.3 Å². The highest BCUT2D eigenvalue weighted by Gasteiger charge is 2.44. The third kappa shape index (κ3) is 2.62. The molecule has 4 rings (SSSR count). The molecule has 24 heavy (non-hydrogen) atoms. The van der Waals surface area contributed by atoms with Gasteiger partial charge in [0.2, 0.25) is 5.91 Å². The van der Waals surface area contributed by atoms with E-state index >= 15 is 0 Å². The van der Waals surface area contributed by atoms with Crippen LogP contribution in [0.25, 0.3) is 0 Å². The Morgan fingerprint density at radius 1 is 1.21 bits per heavy atom. The Morgan fingerprint density at radius 3 is 2.88 bits per heavy atom. The number of aryl methyl sites for hydroxylation is 1. The van der Waals surface area contributed by atoms with Crippen molar-refractivity contribution in [3.63, 3.8) is 0 Å². The van der Waals surface area contributed by atoms with Crippen LogP contribution in [0.5, 0.6) is 0 Å². The van der Waals surface area contributed by atoms with E-state index in [2.05, 4.69) is 22.8 Å². The minimum Gasteiger partial charge on any atom is -0.339 e. The molecule has 3 aliphatic heterocycles. The van der Waals surface area contributed by atoms with Gasteiger partial charge in [-0.1, -0.05) is 25.1 Å². The number of rotatable bonds is 2. The van der Waals surface area contributed by atoms with Gasteiger partial charge in [0, 0.05) is 37.7 Å². The lowest BCUT2D eigenvalue weighted by Gasteiger charge is -2.52. The number of hydrogen-bond donors (Lipinski definition) is 0. The normalized spacial score (nSPS) is 29.4. The van der Waals surface area contributed by atoms with Crippen LogP contribution >= 0.6 is 0 Å². The minimum absolute atomic E-state index is 0.178. The van der Waals surface area contributed by atoms with E-state index < -0.39 is 0 Å². The second-order valence-electron chi connectivity index (χ2n) is 7.59. The molecule has 3 aliphatic rings. The van der Waals surface area contributed by atoms with E-state index in [1.807, 2.05) is 18.2 Å². The fourth-order valence-electron chi connectivity index (χ4n) is 4.98. The Kier molecular flexibility index (Phi) is 4.07. The summed E-state index contributed by atoms with van der Waals surface area (Å²) < 4.78 is 0. The Labute approximate surface area is 143 Å². The van der Waals surface area contributed by atoms with Crippen LogP contribution in [0.1, 0.15) is 48.5 Å². The van der Waals surface area contributed by atoms with Crippen LogP contribution in [0, 0.1) is 11.8 Å². The molecule has 3 heterocycles. The van der Waals surface area contributed by atoms with Crippen molar-refractivity contribution in [2.75, 3.05) is 19.6 Å². The maximum atomic E-state index is 13.1. The monoisotopic (exact) mass is 326 g/mol. The van der Waals surface area contributed by atoms with Crippen molar-refractivity contribution in [2.45, 2.75) is 45.1 Å². The topological polar surface area (TPSA) is 40.6 Å². The van der Waals surface area contributed by atoms with Crippen molar-refractivity contribution < 1.29 is 9.59 Å². The summed E-state index contributed by atoms with van der Waals surface area (Å²) in [6.45, 7) is 4.55. The maximum absolute atomic E-state index is 13.1. The first-order valence-electron chi connectivity index (χ1n) is 9.34. The summed E-state index contributed by atoms with van der Waals surface area (Å²) in [7, 11) is 0. The summed E-state index contributed by atoms with van der Waals surface area (Å²) in [4.78, 5) is 29.5. The quantitative estimate of drug-likeness (QED) is 0.838. The van der Waals surface area contributed by atoms with E-state index in [9.17, 15) is 9.59 Å². The molecule has 3 atom stereocenters. The fourth-order valence-corrected chi connectivity index (χ4v) is 4.98. The van der Waals surface area contributed by atoms with E-state index in [0.29, 0.717) is 30.2 Å². The van der Waals surface area contributed by atoms with Gasteiger partial charge in [-0.15, -0.1) is 0 Å². The van der Waals surface area contributed by atoms with E-state index in [0.717, 1.165) is 50.0 Å². The van der Waals surface area contributed by atoms with Gasteiger partial charge in [0.1, 0.15) is 0 Å². The summed E-state index contributed by atoms with van der Waals surface area (Å²) in [5, 5.41) is 0. The summed E-state index contributed by atoms with van der Waals surface area (Å²) >= 11 is 0. The molecule has 2 bridgehead atoms. The van der Waals surface area contributed by atoms with Gasteiger partial charge in [-0.2, -0.15) is 0 Å². The molecule has 0 saturated carbocycles. The number of nitrogens with zero attached hydrogens (tertiary/aromatic N) is 2. The smallest absolute Gasteiger partial charge is 0.254 e. The van der Waals surface area contributed by atoms with Crippen LogP contribution in [0.2, 0.25) is 0 Å². The Bertz CT molecular complexity index is 657. The van der Waals surface area contributed by atoms with Crippen molar-refractivity contribution in [2.24, 2.45) is 11.8 Å². The first kappa shape index (κ1) is 15.7. The van der Waals surface area contributed by atoms with Crippen LogP contribution in [0.4, 0.5) is 0 Å². The van der Waals surface area contributed by atoms with Gasteiger partial charge in [-0.05, 0) is 49.1 Å². The van der Waals surface area contributed by atoms with Gasteiger partial charge in [-0.3, -0.25) is 9.59 Å². The number of hydrogen-bond acceptors (Lipinski definition) is 2. The fraction of sp³-hybridized carbons (Fsp3) is 0.600. The second-order valence-corrected chi connectivity index (χ2v) is 7.59. The average Bonchev–Trinajstić information content (AvgIpc) is 2.62. The molecule has 1 aromatic rings. The molecule has 0 aliphatic carbocycles. The van der Waals surface area contributed by atoms with Crippen molar-refractivity contribution >= 4 is 11.8 Å². The van der Waals surface area contributed by atoms with E-state index in [4.69, 9.17) is 0 Å².